The molecule has 9 nitrogen and oxygen atoms in total. The van der Waals surface area contributed by atoms with E-state index in [9.17, 15) is 23.1 Å². The number of aromatic nitrogens is 4. The van der Waals surface area contributed by atoms with E-state index in [1.165, 1.54) is 5.57 Å². The average Bonchev–Trinajstić information content (AvgIpc) is 3.87. The number of carbonyl (C=O) groups excluding carboxylic acids is 1. The Hall–Kier alpha value is -3.54. The van der Waals surface area contributed by atoms with Crippen LogP contribution in [0.15, 0.2) is 38.9 Å². The first-order chi connectivity index (χ1) is 20.1. The first kappa shape index (κ1) is 26.1. The molecule has 4 fully saturated rings. The van der Waals surface area contributed by atoms with Crippen LogP contribution < -0.4 is 4.90 Å². The van der Waals surface area contributed by atoms with Gasteiger partial charge < -0.3 is 19.1 Å². The molecule has 4 saturated carbocycles. The summed E-state index contributed by atoms with van der Waals surface area (Å²) in [6.07, 6.45) is 1.26. The van der Waals surface area contributed by atoms with Crippen molar-refractivity contribution in [3.05, 3.63) is 47.4 Å². The van der Waals surface area contributed by atoms with Crippen molar-refractivity contribution in [2.75, 3.05) is 11.4 Å². The zero-order chi connectivity index (χ0) is 28.9. The van der Waals surface area contributed by atoms with Crippen molar-refractivity contribution in [2.45, 2.75) is 87.8 Å². The molecule has 0 radical (unpaired) electrons. The summed E-state index contributed by atoms with van der Waals surface area (Å²) in [7, 11) is 0. The Kier molecular flexibility index (Phi) is 5.58. The second-order valence-corrected chi connectivity index (χ2v) is 13.0. The number of rotatable bonds is 8. The molecule has 2 heterocycles. The van der Waals surface area contributed by atoms with Crippen LogP contribution in [0.5, 0.6) is 0 Å². The normalized spacial score (nSPS) is 26.5. The second-order valence-electron chi connectivity index (χ2n) is 13.0. The minimum absolute atomic E-state index is 0.197. The fourth-order valence-electron chi connectivity index (χ4n) is 6.80. The molecule has 0 aliphatic heterocycles. The van der Waals surface area contributed by atoms with Crippen LogP contribution in [0.25, 0.3) is 17.0 Å². The maximum absolute atomic E-state index is 13.8. The van der Waals surface area contributed by atoms with Gasteiger partial charge in [0.1, 0.15) is 0 Å². The number of amides is 1. The monoisotopic (exact) mass is 581 g/mol. The molecular weight excluding hydrogens is 551 g/mol. The van der Waals surface area contributed by atoms with E-state index in [0.29, 0.717) is 47.2 Å². The van der Waals surface area contributed by atoms with Gasteiger partial charge >= 0.3 is 6.18 Å². The molecule has 2 bridgehead atoms. The minimum Gasteiger partial charge on any atom is -0.380 e. The van der Waals surface area contributed by atoms with Crippen molar-refractivity contribution in [3.63, 3.8) is 0 Å². The number of hydrogen-bond acceptors (Lipinski definition) is 8. The molecule has 1 amide bonds. The van der Waals surface area contributed by atoms with Crippen molar-refractivity contribution in [3.8, 4) is 11.5 Å². The Labute approximate surface area is 239 Å². The van der Waals surface area contributed by atoms with E-state index in [2.05, 4.69) is 20.3 Å². The highest BCUT2D eigenvalue weighted by molar-refractivity contribution is 5.96. The number of halogens is 3. The van der Waals surface area contributed by atoms with Gasteiger partial charge in [-0.2, -0.15) is 23.1 Å². The molecule has 12 heteroatoms. The van der Waals surface area contributed by atoms with Gasteiger partial charge in [-0.3, -0.25) is 4.79 Å². The fraction of sp³-hybridized carbons (Fsp3) is 0.567. The Bertz CT molecular complexity index is 1590. The predicted octanol–water partition coefficient (Wildman–Crippen LogP) is 5.94. The third-order valence-electron chi connectivity index (χ3n) is 9.74. The van der Waals surface area contributed by atoms with E-state index < -0.39 is 36.4 Å². The lowest BCUT2D eigenvalue weighted by molar-refractivity contribution is -0.295. The lowest BCUT2D eigenvalue weighted by atomic mass is 9.57. The molecule has 0 spiro atoms. The molecule has 0 unspecified atom stereocenters. The SMILES string of the molecule is O=C(C1CC(O)(C(F)(F)F)C1)N(CC12CCC(c3nc(C4CC4)no3)=C(C1)C2)c1cccc(-c2nc(C3CC3)no2)c1. The van der Waals surface area contributed by atoms with Gasteiger partial charge in [-0.1, -0.05) is 22.0 Å². The maximum Gasteiger partial charge on any atom is 0.417 e. The summed E-state index contributed by atoms with van der Waals surface area (Å²) >= 11 is 0. The zero-order valence-corrected chi connectivity index (χ0v) is 22.9. The smallest absolute Gasteiger partial charge is 0.380 e. The van der Waals surface area contributed by atoms with E-state index in [0.717, 1.165) is 62.8 Å². The molecule has 0 saturated heterocycles. The highest BCUT2D eigenvalue weighted by Gasteiger charge is 2.63. The fourth-order valence-corrected chi connectivity index (χ4v) is 6.80. The van der Waals surface area contributed by atoms with Crippen molar-refractivity contribution >= 4 is 17.2 Å². The first-order valence-corrected chi connectivity index (χ1v) is 14.7. The van der Waals surface area contributed by atoms with Gasteiger partial charge in [0.2, 0.25) is 5.91 Å². The topological polar surface area (TPSA) is 118 Å². The standard InChI is InChI=1S/C30H30F3N5O4/c31-30(32,33)29(40)13-20(14-29)27(39)38(21-3-1-2-18(10-21)25-34-23(36-41-25)16-4-5-16)15-28-9-8-22(19(11-28)12-28)26-35-24(37-42-26)17-6-7-17/h1-3,10,16-17,20,40H,4-9,11-15H2. The number of alkyl halides is 3. The van der Waals surface area contributed by atoms with Gasteiger partial charge in [0, 0.05) is 41.1 Å². The summed E-state index contributed by atoms with van der Waals surface area (Å²) < 4.78 is 51.3. The summed E-state index contributed by atoms with van der Waals surface area (Å²) in [5.74, 6) is 1.77. The average molecular weight is 582 g/mol. The van der Waals surface area contributed by atoms with Crippen LogP contribution >= 0.6 is 0 Å². The maximum atomic E-state index is 13.8. The van der Waals surface area contributed by atoms with Crippen molar-refractivity contribution in [1.82, 2.24) is 20.3 Å². The second kappa shape index (κ2) is 8.98. The zero-order valence-electron chi connectivity index (χ0n) is 22.9. The van der Waals surface area contributed by atoms with E-state index in [-0.39, 0.29) is 5.41 Å². The lowest BCUT2D eigenvalue weighted by Gasteiger charge is -2.52. The molecule has 9 rings (SSSR count). The molecule has 1 N–H and O–H groups in total. The Morgan fingerprint density at radius 3 is 2.24 bits per heavy atom. The Morgan fingerprint density at radius 2 is 1.64 bits per heavy atom. The summed E-state index contributed by atoms with van der Waals surface area (Å²) in [5.41, 5.74) is 0.519. The quantitative estimate of drug-likeness (QED) is 0.347. The van der Waals surface area contributed by atoms with Gasteiger partial charge in [0.15, 0.2) is 17.2 Å². The number of carbonyl (C=O) groups is 1. The third-order valence-corrected chi connectivity index (χ3v) is 9.74. The van der Waals surface area contributed by atoms with Crippen LogP contribution in [0.1, 0.15) is 93.6 Å². The molecule has 0 atom stereocenters. The van der Waals surface area contributed by atoms with E-state index >= 15 is 0 Å². The summed E-state index contributed by atoms with van der Waals surface area (Å²) in [6, 6.07) is 7.17. The molecule has 6 aliphatic rings. The number of nitrogens with zero attached hydrogens (tertiary/aromatic N) is 5. The molecule has 1 aromatic carbocycles. The molecule has 3 aromatic rings. The molecular formula is C30H30F3N5O4. The molecule has 42 heavy (non-hydrogen) atoms. The van der Waals surface area contributed by atoms with E-state index in [1.54, 1.807) is 23.1 Å². The van der Waals surface area contributed by atoms with Crippen LogP contribution in [0.2, 0.25) is 0 Å². The van der Waals surface area contributed by atoms with Crippen molar-refractivity contribution in [1.29, 1.82) is 0 Å². The number of anilines is 1. The van der Waals surface area contributed by atoms with Gasteiger partial charge in [0.05, 0.1) is 0 Å². The summed E-state index contributed by atoms with van der Waals surface area (Å²) in [5, 5.41) is 18.3. The predicted molar refractivity (Wildman–Crippen MR) is 142 cm³/mol. The highest BCUT2D eigenvalue weighted by atomic mass is 19.4. The van der Waals surface area contributed by atoms with Gasteiger partial charge in [0.25, 0.3) is 11.8 Å². The van der Waals surface area contributed by atoms with E-state index in [4.69, 9.17) is 9.05 Å². The first-order valence-electron chi connectivity index (χ1n) is 14.7. The minimum atomic E-state index is -4.77. The van der Waals surface area contributed by atoms with Crippen LogP contribution in [-0.2, 0) is 4.79 Å². The number of allylic oxidation sites excluding steroid dienone is 2. The van der Waals surface area contributed by atoms with Crippen molar-refractivity contribution in [2.24, 2.45) is 11.3 Å². The largest absolute Gasteiger partial charge is 0.417 e. The van der Waals surface area contributed by atoms with Crippen molar-refractivity contribution < 1.29 is 32.1 Å². The third kappa shape index (κ3) is 4.37. The van der Waals surface area contributed by atoms with Gasteiger partial charge in [-0.25, -0.2) is 0 Å². The lowest BCUT2D eigenvalue weighted by Crippen LogP contribution is -2.60. The van der Waals surface area contributed by atoms with Gasteiger partial charge in [-0.05, 0) is 87.8 Å². The van der Waals surface area contributed by atoms with Crippen LogP contribution in [0, 0.1) is 11.3 Å². The van der Waals surface area contributed by atoms with E-state index in [1.807, 2.05) is 6.07 Å². The number of fused-ring (bicyclic) bond motifs is 2. The number of benzene rings is 1. The van der Waals surface area contributed by atoms with Crippen LogP contribution in [0.4, 0.5) is 18.9 Å². The summed E-state index contributed by atoms with van der Waals surface area (Å²) in [6.45, 7) is 0.362. The Morgan fingerprint density at radius 1 is 1.00 bits per heavy atom. The number of hydrogen-bond donors (Lipinski definition) is 1. The molecule has 2 aromatic heterocycles. The molecule has 6 aliphatic carbocycles. The van der Waals surface area contributed by atoms with Gasteiger partial charge in [-0.15, -0.1) is 0 Å². The summed E-state index contributed by atoms with van der Waals surface area (Å²) in [4.78, 5) is 24.6. The highest BCUT2D eigenvalue weighted by Crippen LogP contribution is 2.58. The Balaban J connectivity index is 1.06. The van der Waals surface area contributed by atoms with Crippen LogP contribution in [-0.4, -0.2) is 49.6 Å². The molecule has 220 valence electrons. The number of aliphatic hydroxyl groups is 1. The van der Waals surface area contributed by atoms with Crippen LogP contribution in [0.3, 0.4) is 0 Å².